The molecule has 1 aromatic carbocycles. The highest BCUT2D eigenvalue weighted by Crippen LogP contribution is 2.40. The molecule has 1 aromatic rings. The second-order valence-corrected chi connectivity index (χ2v) is 12.2. The van der Waals surface area contributed by atoms with Crippen molar-refractivity contribution in [1.82, 2.24) is 4.90 Å². The van der Waals surface area contributed by atoms with Gasteiger partial charge in [-0.25, -0.2) is 9.59 Å². The second kappa shape index (κ2) is 12.1. The van der Waals surface area contributed by atoms with Crippen LogP contribution in [0.15, 0.2) is 30.3 Å². The van der Waals surface area contributed by atoms with Crippen LogP contribution in [0.4, 0.5) is 4.79 Å². The summed E-state index contributed by atoms with van der Waals surface area (Å²) in [4.78, 5) is 28.0. The number of hydrogen-bond donors (Lipinski definition) is 0. The van der Waals surface area contributed by atoms with Gasteiger partial charge in [0.05, 0.1) is 18.8 Å². The van der Waals surface area contributed by atoms with Crippen LogP contribution in [-0.4, -0.2) is 59.7 Å². The summed E-state index contributed by atoms with van der Waals surface area (Å²) in [5, 5.41) is -0.0473. The molecule has 0 aromatic heterocycles. The van der Waals surface area contributed by atoms with E-state index in [0.717, 1.165) is 24.7 Å². The fourth-order valence-electron chi connectivity index (χ4n) is 4.03. The van der Waals surface area contributed by atoms with Crippen LogP contribution in [-0.2, 0) is 30.3 Å². The number of carbonyl (C=O) groups is 2. The zero-order valence-corrected chi connectivity index (χ0v) is 23.7. The smallest absolute Gasteiger partial charge is 0.413 e. The topological polar surface area (TPSA) is 74.3 Å². The van der Waals surface area contributed by atoms with Gasteiger partial charge in [0, 0.05) is 5.16 Å². The van der Waals surface area contributed by atoms with Crippen LogP contribution in [0.3, 0.4) is 0 Å². The first-order valence-electron chi connectivity index (χ1n) is 12.5. The lowest BCUT2D eigenvalue weighted by Gasteiger charge is -2.39. The Bertz CT molecular complexity index is 842. The van der Waals surface area contributed by atoms with Gasteiger partial charge in [-0.1, -0.05) is 63.3 Å². The molecule has 196 valence electrons. The molecule has 0 saturated carbocycles. The van der Waals surface area contributed by atoms with E-state index >= 15 is 0 Å². The molecule has 1 fully saturated rings. The van der Waals surface area contributed by atoms with Gasteiger partial charge in [0.2, 0.25) is 0 Å². The summed E-state index contributed by atoms with van der Waals surface area (Å²) >= 11 is 0. The number of benzene rings is 1. The van der Waals surface area contributed by atoms with Crippen molar-refractivity contribution in [3.63, 3.8) is 0 Å². The van der Waals surface area contributed by atoms with E-state index in [-0.39, 0.29) is 30.6 Å². The summed E-state index contributed by atoms with van der Waals surface area (Å²) in [6.45, 7) is 14.2. The SMILES string of the molecule is CCOC(=O)C1(CCCCBOC(C)(C)C(C)(C)P)COC(C)(C)N1C(=O)OCc1ccccc1. The van der Waals surface area contributed by atoms with Crippen molar-refractivity contribution in [3.05, 3.63) is 35.9 Å². The van der Waals surface area contributed by atoms with Crippen LogP contribution in [0.2, 0.25) is 6.32 Å². The second-order valence-electron chi connectivity index (χ2n) is 10.8. The van der Waals surface area contributed by atoms with Gasteiger partial charge >= 0.3 is 12.1 Å². The standard InChI is InChI=1S/C26H43BNO6P/c1-8-31-21(29)26(16-12-13-17-27-34-23(2,3)24(4,5)35)19-33-25(6,7)28(26)22(30)32-18-20-14-10-9-11-15-20/h9-11,14-15,27H,8,12-13,16-19,35H2,1-7H3. The first kappa shape index (κ1) is 29.6. The highest BCUT2D eigenvalue weighted by molar-refractivity contribution is 7.19. The van der Waals surface area contributed by atoms with E-state index in [1.807, 2.05) is 30.3 Å². The van der Waals surface area contributed by atoms with Crippen molar-refractivity contribution < 1.29 is 28.5 Å². The molecule has 0 bridgehead atoms. The summed E-state index contributed by atoms with van der Waals surface area (Å²) in [6.07, 6.45) is 2.26. The number of ether oxygens (including phenoxy) is 3. The average molecular weight is 507 g/mol. The third-order valence-electron chi connectivity index (χ3n) is 6.92. The molecule has 0 N–H and O–H groups in total. The van der Waals surface area contributed by atoms with Gasteiger partial charge in [0.25, 0.3) is 7.48 Å². The molecular formula is C26H43BNO6P. The van der Waals surface area contributed by atoms with Crippen molar-refractivity contribution in [3.8, 4) is 0 Å². The van der Waals surface area contributed by atoms with E-state index < -0.39 is 23.3 Å². The van der Waals surface area contributed by atoms with Crippen molar-refractivity contribution in [2.45, 2.75) is 103 Å². The molecule has 0 radical (unpaired) electrons. The van der Waals surface area contributed by atoms with Crippen molar-refractivity contribution in [2.75, 3.05) is 13.2 Å². The lowest BCUT2D eigenvalue weighted by Crippen LogP contribution is -2.60. The van der Waals surface area contributed by atoms with Crippen LogP contribution in [0.25, 0.3) is 0 Å². The predicted molar refractivity (Wildman–Crippen MR) is 143 cm³/mol. The molecule has 35 heavy (non-hydrogen) atoms. The molecule has 2 rings (SSSR count). The highest BCUT2D eigenvalue weighted by atomic mass is 31.0. The lowest BCUT2D eigenvalue weighted by molar-refractivity contribution is -0.157. The molecular weight excluding hydrogens is 464 g/mol. The minimum Gasteiger partial charge on any atom is -0.464 e. The molecule has 2 unspecified atom stereocenters. The van der Waals surface area contributed by atoms with Crippen LogP contribution in [0, 0.1) is 0 Å². The quantitative estimate of drug-likeness (QED) is 0.170. The number of unbranched alkanes of at least 4 members (excludes halogenated alkanes) is 1. The van der Waals surface area contributed by atoms with E-state index in [4.69, 9.17) is 18.9 Å². The van der Waals surface area contributed by atoms with Gasteiger partial charge in [-0.05, 0) is 46.6 Å². The molecule has 9 heteroatoms. The van der Waals surface area contributed by atoms with Gasteiger partial charge in [-0.15, -0.1) is 9.24 Å². The molecule has 1 amide bonds. The Kier molecular flexibility index (Phi) is 10.2. The number of amides is 1. The molecule has 0 spiro atoms. The van der Waals surface area contributed by atoms with Crippen LogP contribution in [0.1, 0.15) is 73.3 Å². The van der Waals surface area contributed by atoms with E-state index in [1.165, 1.54) is 4.90 Å². The summed E-state index contributed by atoms with van der Waals surface area (Å²) in [5.41, 5.74) is -1.63. The summed E-state index contributed by atoms with van der Waals surface area (Å²) in [5.74, 6) is -0.454. The van der Waals surface area contributed by atoms with Gasteiger partial charge in [-0.2, -0.15) is 0 Å². The zero-order chi connectivity index (χ0) is 26.3. The molecule has 0 aliphatic carbocycles. The molecule has 1 heterocycles. The average Bonchev–Trinajstić information content (AvgIpc) is 3.06. The summed E-state index contributed by atoms with van der Waals surface area (Å²) in [6, 6.07) is 9.46. The van der Waals surface area contributed by atoms with E-state index in [9.17, 15) is 9.59 Å². The molecule has 7 nitrogen and oxygen atoms in total. The largest absolute Gasteiger partial charge is 0.464 e. The monoisotopic (exact) mass is 507 g/mol. The summed E-state index contributed by atoms with van der Waals surface area (Å²) < 4.78 is 23.1. The number of hydrogen-bond acceptors (Lipinski definition) is 6. The van der Waals surface area contributed by atoms with E-state index in [1.54, 1.807) is 20.8 Å². The fourth-order valence-corrected chi connectivity index (χ4v) is 4.11. The maximum atomic E-state index is 13.3. The minimum absolute atomic E-state index is 0.0473. The first-order valence-corrected chi connectivity index (χ1v) is 13.1. The first-order chi connectivity index (χ1) is 16.3. The van der Waals surface area contributed by atoms with Gasteiger partial charge in [0.1, 0.15) is 12.3 Å². The van der Waals surface area contributed by atoms with Crippen molar-refractivity contribution >= 4 is 28.8 Å². The Hall–Kier alpha value is -1.63. The number of carbonyl (C=O) groups excluding carboxylic acids is 2. The Labute approximate surface area is 214 Å². The molecule has 1 aliphatic rings. The number of rotatable bonds is 12. The maximum Gasteiger partial charge on any atom is 0.413 e. The third-order valence-corrected chi connectivity index (χ3v) is 7.62. The van der Waals surface area contributed by atoms with E-state index in [2.05, 4.69) is 36.9 Å². The lowest BCUT2D eigenvalue weighted by atomic mass is 9.84. The zero-order valence-electron chi connectivity index (χ0n) is 22.5. The van der Waals surface area contributed by atoms with Crippen LogP contribution >= 0.6 is 9.24 Å². The Morgan fingerprint density at radius 3 is 2.37 bits per heavy atom. The predicted octanol–water partition coefficient (Wildman–Crippen LogP) is 5.08. The molecule has 1 saturated heterocycles. The number of esters is 1. The van der Waals surface area contributed by atoms with Gasteiger partial charge in [0.15, 0.2) is 5.54 Å². The third kappa shape index (κ3) is 7.44. The fraction of sp³-hybridized carbons (Fsp3) is 0.692. The van der Waals surface area contributed by atoms with Gasteiger partial charge < -0.3 is 18.9 Å². The normalized spacial score (nSPS) is 19.9. The molecule has 2 atom stereocenters. The van der Waals surface area contributed by atoms with E-state index in [0.29, 0.717) is 13.9 Å². The maximum absolute atomic E-state index is 13.3. The van der Waals surface area contributed by atoms with Crippen molar-refractivity contribution in [2.24, 2.45) is 0 Å². The van der Waals surface area contributed by atoms with Crippen LogP contribution < -0.4 is 0 Å². The Balaban J connectivity index is 2.07. The Morgan fingerprint density at radius 2 is 1.77 bits per heavy atom. The van der Waals surface area contributed by atoms with Crippen LogP contribution in [0.5, 0.6) is 0 Å². The van der Waals surface area contributed by atoms with Gasteiger partial charge in [-0.3, -0.25) is 4.90 Å². The summed E-state index contributed by atoms with van der Waals surface area (Å²) in [7, 11) is 3.47. The molecule has 1 aliphatic heterocycles. The Morgan fingerprint density at radius 1 is 1.11 bits per heavy atom. The highest BCUT2D eigenvalue weighted by Gasteiger charge is 2.60. The minimum atomic E-state index is -1.23. The van der Waals surface area contributed by atoms with Crippen molar-refractivity contribution in [1.29, 1.82) is 0 Å². The number of nitrogens with zero attached hydrogens (tertiary/aromatic N) is 1.